The first-order valence-electron chi connectivity index (χ1n) is 9.26. The summed E-state index contributed by atoms with van der Waals surface area (Å²) in [6.45, 7) is 7.95. The van der Waals surface area contributed by atoms with Crippen molar-refractivity contribution in [2.24, 2.45) is 5.92 Å². The van der Waals surface area contributed by atoms with Gasteiger partial charge in [-0.3, -0.25) is 0 Å². The van der Waals surface area contributed by atoms with Crippen LogP contribution < -0.4 is 10.2 Å². The summed E-state index contributed by atoms with van der Waals surface area (Å²) in [5, 5.41) is 4.07. The highest BCUT2D eigenvalue weighted by Crippen LogP contribution is 2.36. The number of anilines is 1. The molecule has 9 heteroatoms. The molecular weight excluding hydrogens is 448 g/mol. The minimum absolute atomic E-state index is 0.116. The van der Waals surface area contributed by atoms with Gasteiger partial charge in [-0.1, -0.05) is 29.6 Å². The van der Waals surface area contributed by atoms with Crippen LogP contribution in [-0.4, -0.2) is 40.8 Å². The van der Waals surface area contributed by atoms with Crippen LogP contribution in [0.3, 0.4) is 0 Å². The van der Waals surface area contributed by atoms with E-state index in [1.807, 2.05) is 20.8 Å². The largest absolute Gasteiger partial charge is 0.444 e. The third kappa shape index (κ3) is 5.54. The van der Waals surface area contributed by atoms with Gasteiger partial charge in [0, 0.05) is 19.1 Å². The summed E-state index contributed by atoms with van der Waals surface area (Å²) in [6.07, 6.45) is 3.74. The molecule has 0 saturated heterocycles. The minimum Gasteiger partial charge on any atom is -0.444 e. The molecule has 27 heavy (non-hydrogen) atoms. The fraction of sp³-hybridized carbons (Fsp3) is 0.722. The van der Waals surface area contributed by atoms with Gasteiger partial charge in [0.25, 0.3) is 0 Å². The van der Waals surface area contributed by atoms with Crippen molar-refractivity contribution in [1.29, 1.82) is 0 Å². The molecule has 1 saturated carbocycles. The summed E-state index contributed by atoms with van der Waals surface area (Å²) in [4.78, 5) is 25.6. The van der Waals surface area contributed by atoms with E-state index in [2.05, 4.69) is 45.1 Å². The molecule has 1 aliphatic rings. The maximum Gasteiger partial charge on any atom is 0.407 e. The molecule has 2 aromatic rings. The first kappa shape index (κ1) is 20.8. The average Bonchev–Trinajstić information content (AvgIpc) is 3.00. The fourth-order valence-electron chi connectivity index (χ4n) is 3.45. The Balaban J connectivity index is 1.70. The highest BCUT2D eigenvalue weighted by molar-refractivity contribution is 9.11. The van der Waals surface area contributed by atoms with E-state index >= 15 is 0 Å². The number of hydrogen-bond acceptors (Lipinski definition) is 7. The number of halogens is 1. The monoisotopic (exact) mass is 474 g/mol. The highest BCUT2D eigenvalue weighted by Gasteiger charge is 2.30. The van der Waals surface area contributed by atoms with Gasteiger partial charge in [0.2, 0.25) is 0 Å². The molecular formula is C18H27BrN4O2S2. The number of nitrogens with one attached hydrogen (secondary N) is 1. The lowest BCUT2D eigenvalue weighted by molar-refractivity contribution is 0.0498. The summed E-state index contributed by atoms with van der Waals surface area (Å²) in [5.41, 5.74) is -0.480. The number of hydrogen-bond donors (Lipinski definition) is 1. The number of rotatable bonds is 3. The van der Waals surface area contributed by atoms with E-state index in [0.29, 0.717) is 12.0 Å². The third-order valence-electron chi connectivity index (χ3n) is 4.75. The molecule has 3 rings (SSSR count). The second-order valence-corrected chi connectivity index (χ2v) is 11.5. The number of thiazole rings is 2. The lowest BCUT2D eigenvalue weighted by atomic mass is 10.00. The lowest BCUT2D eigenvalue weighted by Gasteiger charge is -2.30. The molecule has 150 valence electrons. The Bertz CT molecular complexity index is 769. The first-order valence-corrected chi connectivity index (χ1v) is 11.7. The van der Waals surface area contributed by atoms with Crippen LogP contribution in [0.25, 0.3) is 9.66 Å². The van der Waals surface area contributed by atoms with Gasteiger partial charge >= 0.3 is 6.09 Å². The average molecular weight is 475 g/mol. The van der Waals surface area contributed by atoms with Gasteiger partial charge < -0.3 is 15.0 Å². The number of alkyl carbamates (subject to hydrolysis) is 1. The number of carbonyl (C=O) groups excluding carboxylic acids is 1. The van der Waals surface area contributed by atoms with Crippen molar-refractivity contribution in [2.75, 3.05) is 11.9 Å². The normalized spacial score (nSPS) is 23.9. The molecule has 1 aliphatic carbocycles. The Kier molecular flexibility index (Phi) is 6.32. The van der Waals surface area contributed by atoms with E-state index < -0.39 is 5.60 Å². The summed E-state index contributed by atoms with van der Waals surface area (Å²) in [6, 6.07) is 0.441. The molecule has 0 bridgehead atoms. The Hall–Kier alpha value is -0.930. The zero-order valence-electron chi connectivity index (χ0n) is 16.4. The van der Waals surface area contributed by atoms with Crippen LogP contribution in [0.15, 0.2) is 3.92 Å². The van der Waals surface area contributed by atoms with Crippen molar-refractivity contribution in [3.05, 3.63) is 3.92 Å². The van der Waals surface area contributed by atoms with Gasteiger partial charge in [-0.15, -0.1) is 0 Å². The Morgan fingerprint density at radius 2 is 1.93 bits per heavy atom. The standard InChI is InChI=1S/C18H27BrN4O2S2/c1-10-6-7-11(20-17(24)25-18(2,3)4)9-12(8-10)23(5)16-22-14-13(27-16)21-15(19)26-14/h10-12H,6-9H2,1-5H3,(H,20,24)/t10-,11+,12-/m1/s1. The van der Waals surface area contributed by atoms with Crippen molar-refractivity contribution in [1.82, 2.24) is 15.3 Å². The molecule has 2 heterocycles. The Morgan fingerprint density at radius 3 is 2.59 bits per heavy atom. The molecule has 1 fully saturated rings. The minimum atomic E-state index is -0.480. The maximum atomic E-state index is 12.2. The summed E-state index contributed by atoms with van der Waals surface area (Å²) in [7, 11) is 2.10. The summed E-state index contributed by atoms with van der Waals surface area (Å²) in [5.74, 6) is 0.608. The number of amides is 1. The molecule has 0 radical (unpaired) electrons. The molecule has 1 amide bonds. The van der Waals surface area contributed by atoms with E-state index in [4.69, 9.17) is 9.72 Å². The van der Waals surface area contributed by atoms with E-state index in [1.54, 1.807) is 22.7 Å². The zero-order valence-corrected chi connectivity index (χ0v) is 19.6. The van der Waals surface area contributed by atoms with E-state index in [-0.39, 0.29) is 12.1 Å². The predicted molar refractivity (Wildman–Crippen MR) is 116 cm³/mol. The Labute approximate surface area is 176 Å². The molecule has 0 spiro atoms. The first-order chi connectivity index (χ1) is 12.6. The number of nitrogens with zero attached hydrogens (tertiary/aromatic N) is 3. The Morgan fingerprint density at radius 1 is 1.22 bits per heavy atom. The van der Waals surface area contributed by atoms with E-state index in [1.165, 1.54) is 0 Å². The van der Waals surface area contributed by atoms with Crippen LogP contribution in [0.2, 0.25) is 0 Å². The van der Waals surface area contributed by atoms with Crippen LogP contribution >= 0.6 is 38.6 Å². The highest BCUT2D eigenvalue weighted by atomic mass is 79.9. The van der Waals surface area contributed by atoms with Crippen molar-refractivity contribution in [3.63, 3.8) is 0 Å². The molecule has 0 unspecified atom stereocenters. The van der Waals surface area contributed by atoms with E-state index in [9.17, 15) is 4.79 Å². The summed E-state index contributed by atoms with van der Waals surface area (Å²) < 4.78 is 6.31. The topological polar surface area (TPSA) is 67.3 Å². The van der Waals surface area contributed by atoms with Crippen LogP contribution in [-0.2, 0) is 4.74 Å². The van der Waals surface area contributed by atoms with Gasteiger partial charge in [0.05, 0.1) is 0 Å². The van der Waals surface area contributed by atoms with Gasteiger partial charge in [-0.2, -0.15) is 0 Å². The molecule has 0 aromatic carbocycles. The summed E-state index contributed by atoms with van der Waals surface area (Å²) >= 11 is 6.60. The van der Waals surface area contributed by atoms with Crippen molar-refractivity contribution < 1.29 is 9.53 Å². The zero-order chi connectivity index (χ0) is 19.8. The number of aromatic nitrogens is 2. The number of fused-ring (bicyclic) bond motifs is 1. The second-order valence-electron chi connectivity index (χ2n) is 8.34. The third-order valence-corrected chi connectivity index (χ3v) is 7.32. The number of carbonyl (C=O) groups is 1. The predicted octanol–water partition coefficient (Wildman–Crippen LogP) is 5.42. The van der Waals surface area contributed by atoms with Gasteiger partial charge in [0.15, 0.2) is 18.7 Å². The lowest BCUT2D eigenvalue weighted by Crippen LogP contribution is -2.43. The van der Waals surface area contributed by atoms with Gasteiger partial charge in [0.1, 0.15) is 5.60 Å². The molecule has 6 nitrogen and oxygen atoms in total. The number of ether oxygens (including phenoxy) is 1. The van der Waals surface area contributed by atoms with Crippen molar-refractivity contribution in [3.8, 4) is 0 Å². The maximum absolute atomic E-state index is 12.2. The van der Waals surface area contributed by atoms with Gasteiger partial charge in [-0.25, -0.2) is 14.8 Å². The molecule has 2 aromatic heterocycles. The molecule has 0 aliphatic heterocycles. The fourth-order valence-corrected chi connectivity index (χ4v) is 6.00. The van der Waals surface area contributed by atoms with E-state index in [0.717, 1.165) is 44.4 Å². The van der Waals surface area contributed by atoms with Crippen LogP contribution in [0.1, 0.15) is 53.4 Å². The van der Waals surface area contributed by atoms with Crippen molar-refractivity contribution >= 4 is 59.5 Å². The quantitative estimate of drug-likeness (QED) is 0.601. The SMILES string of the molecule is C[C@@H]1CC[C@H](NC(=O)OC(C)(C)C)C[C@H](N(C)c2nc3sc(Br)nc3s2)C1. The van der Waals surface area contributed by atoms with Crippen molar-refractivity contribution in [2.45, 2.75) is 71.1 Å². The van der Waals surface area contributed by atoms with Gasteiger partial charge in [-0.05, 0) is 68.3 Å². The van der Waals surface area contributed by atoms with Crippen LogP contribution in [0.5, 0.6) is 0 Å². The van der Waals surface area contributed by atoms with Crippen LogP contribution in [0.4, 0.5) is 9.93 Å². The van der Waals surface area contributed by atoms with Crippen LogP contribution in [0, 0.1) is 5.92 Å². The molecule has 1 N–H and O–H groups in total. The molecule has 3 atom stereocenters. The smallest absolute Gasteiger partial charge is 0.407 e. The second kappa shape index (κ2) is 8.21.